The normalized spacial score (nSPS) is 28.3. The Labute approximate surface area is 168 Å². The average molecular weight is 397 g/mol. The van der Waals surface area contributed by atoms with Crippen LogP contribution in [0.25, 0.3) is 0 Å². The van der Waals surface area contributed by atoms with Crippen molar-refractivity contribution in [1.82, 2.24) is 9.80 Å². The molecule has 0 aromatic carbocycles. The number of amides is 2. The summed E-state index contributed by atoms with van der Waals surface area (Å²) in [5.41, 5.74) is -0.703. The van der Waals surface area contributed by atoms with Crippen LogP contribution >= 0.6 is 0 Å². The van der Waals surface area contributed by atoms with Crippen molar-refractivity contribution in [3.8, 4) is 0 Å². The first-order valence-electron chi connectivity index (χ1n) is 10.4. The number of ether oxygens (including phenoxy) is 1. The number of rotatable bonds is 4. The molecule has 2 fully saturated rings. The molecule has 0 spiro atoms. The summed E-state index contributed by atoms with van der Waals surface area (Å²) in [6.07, 6.45) is 3.62. The first kappa shape index (κ1) is 22.5. The molecule has 1 heterocycles. The van der Waals surface area contributed by atoms with E-state index >= 15 is 0 Å². The topological polar surface area (TPSA) is 87.2 Å². The van der Waals surface area contributed by atoms with Gasteiger partial charge in [0.05, 0.1) is 6.04 Å². The lowest BCUT2D eigenvalue weighted by Crippen LogP contribution is -2.51. The van der Waals surface area contributed by atoms with Crippen molar-refractivity contribution in [1.29, 1.82) is 0 Å². The van der Waals surface area contributed by atoms with Crippen molar-refractivity contribution in [2.45, 2.75) is 97.4 Å². The number of carboxylic acids is 1. The fourth-order valence-electron chi connectivity index (χ4n) is 4.25. The second-order valence-electron chi connectivity index (χ2n) is 9.69. The SMILES string of the molecule is CC1CCC(N(C(=O)C(C)C)[C@H]2C[C@@H](C(=O)O)N(C(=O)OC(C)(C)C)C2)CC1. The first-order valence-corrected chi connectivity index (χ1v) is 10.4. The second kappa shape index (κ2) is 8.70. The Hall–Kier alpha value is -1.79. The number of carboxylic acid groups (broad SMARTS) is 1. The molecule has 2 atom stereocenters. The lowest BCUT2D eigenvalue weighted by molar-refractivity contribution is -0.143. The van der Waals surface area contributed by atoms with E-state index in [4.69, 9.17) is 4.74 Å². The zero-order chi connectivity index (χ0) is 21.2. The fraction of sp³-hybridized carbons (Fsp3) is 0.857. The predicted molar refractivity (Wildman–Crippen MR) is 106 cm³/mol. The molecule has 160 valence electrons. The molecule has 0 bridgehead atoms. The third-order valence-electron chi connectivity index (χ3n) is 5.71. The van der Waals surface area contributed by atoms with Crippen LogP contribution in [-0.4, -0.2) is 63.1 Å². The van der Waals surface area contributed by atoms with Crippen LogP contribution in [0.3, 0.4) is 0 Å². The number of aliphatic carboxylic acids is 1. The van der Waals surface area contributed by atoms with Gasteiger partial charge in [0.2, 0.25) is 5.91 Å². The molecule has 7 heteroatoms. The molecule has 2 rings (SSSR count). The minimum absolute atomic E-state index is 0.0414. The molecule has 7 nitrogen and oxygen atoms in total. The molecule has 1 saturated heterocycles. The molecule has 0 aromatic rings. The quantitative estimate of drug-likeness (QED) is 0.786. The number of hydrogen-bond acceptors (Lipinski definition) is 4. The van der Waals surface area contributed by atoms with E-state index in [1.807, 2.05) is 18.7 Å². The van der Waals surface area contributed by atoms with Gasteiger partial charge < -0.3 is 14.7 Å². The lowest BCUT2D eigenvalue weighted by atomic mass is 9.85. The van der Waals surface area contributed by atoms with Crippen LogP contribution in [0.15, 0.2) is 0 Å². The Morgan fingerprint density at radius 1 is 1.07 bits per heavy atom. The largest absolute Gasteiger partial charge is 0.480 e. The molecule has 0 radical (unpaired) electrons. The third-order valence-corrected chi connectivity index (χ3v) is 5.71. The molecule has 28 heavy (non-hydrogen) atoms. The highest BCUT2D eigenvalue weighted by Crippen LogP contribution is 2.33. The van der Waals surface area contributed by atoms with E-state index in [1.54, 1.807) is 20.8 Å². The maximum atomic E-state index is 13.0. The summed E-state index contributed by atoms with van der Waals surface area (Å²) in [5.74, 6) is -0.527. The van der Waals surface area contributed by atoms with Crippen molar-refractivity contribution in [3.63, 3.8) is 0 Å². The predicted octanol–water partition coefficient (Wildman–Crippen LogP) is 3.51. The molecule has 1 N–H and O–H groups in total. The Morgan fingerprint density at radius 2 is 1.64 bits per heavy atom. The summed E-state index contributed by atoms with van der Waals surface area (Å²) in [6.45, 7) is 11.4. The van der Waals surface area contributed by atoms with Crippen LogP contribution in [-0.2, 0) is 14.3 Å². The van der Waals surface area contributed by atoms with E-state index in [2.05, 4.69) is 6.92 Å². The van der Waals surface area contributed by atoms with Gasteiger partial charge in [-0.1, -0.05) is 20.8 Å². The first-order chi connectivity index (χ1) is 12.9. The molecule has 2 aliphatic rings. The summed E-state index contributed by atoms with van der Waals surface area (Å²) in [5, 5.41) is 9.67. The number of nitrogens with zero attached hydrogens (tertiary/aromatic N) is 2. The van der Waals surface area contributed by atoms with Crippen LogP contribution in [0.1, 0.15) is 73.6 Å². The van der Waals surface area contributed by atoms with Gasteiger partial charge >= 0.3 is 12.1 Å². The molecule has 1 aliphatic carbocycles. The number of hydrogen-bond donors (Lipinski definition) is 1. The van der Waals surface area contributed by atoms with Crippen LogP contribution in [0.5, 0.6) is 0 Å². The zero-order valence-electron chi connectivity index (χ0n) is 18.1. The minimum atomic E-state index is -1.05. The van der Waals surface area contributed by atoms with Crippen LogP contribution < -0.4 is 0 Å². The highest BCUT2D eigenvalue weighted by Gasteiger charge is 2.46. The second-order valence-corrected chi connectivity index (χ2v) is 9.69. The molecular weight excluding hydrogens is 360 g/mol. The number of carbonyl (C=O) groups excluding carboxylic acids is 2. The van der Waals surface area contributed by atoms with Gasteiger partial charge in [0.25, 0.3) is 0 Å². The van der Waals surface area contributed by atoms with Crippen molar-refractivity contribution in [2.24, 2.45) is 11.8 Å². The van der Waals surface area contributed by atoms with E-state index in [9.17, 15) is 19.5 Å². The number of likely N-dealkylation sites (tertiary alicyclic amines) is 1. The van der Waals surface area contributed by atoms with Gasteiger partial charge in [-0.15, -0.1) is 0 Å². The van der Waals surface area contributed by atoms with Crippen molar-refractivity contribution in [3.05, 3.63) is 0 Å². The van der Waals surface area contributed by atoms with Gasteiger partial charge in [-0.25, -0.2) is 9.59 Å². The number of carbonyl (C=O) groups is 3. The van der Waals surface area contributed by atoms with Gasteiger partial charge in [0.15, 0.2) is 0 Å². The van der Waals surface area contributed by atoms with E-state index in [1.165, 1.54) is 4.90 Å². The van der Waals surface area contributed by atoms with Crippen LogP contribution in [0, 0.1) is 11.8 Å². The van der Waals surface area contributed by atoms with Gasteiger partial charge in [0, 0.05) is 24.9 Å². The summed E-state index contributed by atoms with van der Waals surface area (Å²) in [6, 6.07) is -1.14. The third kappa shape index (κ3) is 5.39. The molecule has 2 amide bonds. The summed E-state index contributed by atoms with van der Waals surface area (Å²) in [4.78, 5) is 40.6. The summed E-state index contributed by atoms with van der Waals surface area (Å²) in [7, 11) is 0. The van der Waals surface area contributed by atoms with Gasteiger partial charge in [-0.2, -0.15) is 0 Å². The van der Waals surface area contributed by atoms with Crippen LogP contribution in [0.4, 0.5) is 4.79 Å². The van der Waals surface area contributed by atoms with Crippen LogP contribution in [0.2, 0.25) is 0 Å². The van der Waals surface area contributed by atoms with Crippen molar-refractivity contribution in [2.75, 3.05) is 6.54 Å². The van der Waals surface area contributed by atoms with Gasteiger partial charge in [-0.05, 0) is 52.4 Å². The van der Waals surface area contributed by atoms with Crippen molar-refractivity contribution < 1.29 is 24.2 Å². The summed E-state index contributed by atoms with van der Waals surface area (Å²) >= 11 is 0. The molecule has 0 aromatic heterocycles. The molecule has 1 saturated carbocycles. The van der Waals surface area contributed by atoms with Crippen molar-refractivity contribution >= 4 is 18.0 Å². The van der Waals surface area contributed by atoms with E-state index in [0.29, 0.717) is 5.92 Å². The highest BCUT2D eigenvalue weighted by atomic mass is 16.6. The standard InChI is InChI=1S/C21H36N2O5/c1-13(2)18(24)23(15-9-7-14(3)8-10-15)16-11-17(19(25)26)22(12-16)20(27)28-21(4,5)6/h13-17H,7-12H2,1-6H3,(H,25,26)/t14?,15?,16-,17-/m0/s1. The molecule has 0 unspecified atom stereocenters. The van der Waals surface area contributed by atoms with E-state index in [-0.39, 0.29) is 36.9 Å². The maximum absolute atomic E-state index is 13.0. The lowest BCUT2D eigenvalue weighted by Gasteiger charge is -2.40. The van der Waals surface area contributed by atoms with Gasteiger partial charge in [-0.3, -0.25) is 9.69 Å². The van der Waals surface area contributed by atoms with E-state index < -0.39 is 23.7 Å². The maximum Gasteiger partial charge on any atom is 0.411 e. The zero-order valence-corrected chi connectivity index (χ0v) is 18.1. The van der Waals surface area contributed by atoms with E-state index in [0.717, 1.165) is 25.7 Å². The molecular formula is C21H36N2O5. The smallest absolute Gasteiger partial charge is 0.411 e. The molecule has 1 aliphatic heterocycles. The Balaban J connectivity index is 2.24. The van der Waals surface area contributed by atoms with Gasteiger partial charge in [0.1, 0.15) is 11.6 Å². The summed E-state index contributed by atoms with van der Waals surface area (Å²) < 4.78 is 5.42. The Bertz CT molecular complexity index is 590. The Morgan fingerprint density at radius 3 is 2.11 bits per heavy atom. The average Bonchev–Trinajstić information content (AvgIpc) is 3.00. The fourth-order valence-corrected chi connectivity index (χ4v) is 4.25. The monoisotopic (exact) mass is 396 g/mol. The highest BCUT2D eigenvalue weighted by molar-refractivity contribution is 5.82. The minimum Gasteiger partial charge on any atom is -0.480 e. The Kier molecular flexibility index (Phi) is 6.99.